The van der Waals surface area contributed by atoms with E-state index in [1.54, 1.807) is 0 Å². The van der Waals surface area contributed by atoms with Crippen LogP contribution in [0.1, 0.15) is 23.3 Å². The highest BCUT2D eigenvalue weighted by molar-refractivity contribution is 5.93. The van der Waals surface area contributed by atoms with Gasteiger partial charge in [-0.3, -0.25) is 4.79 Å². The lowest BCUT2D eigenvalue weighted by Crippen LogP contribution is -2.31. The number of carbonyl (C=O) groups is 1. The van der Waals surface area contributed by atoms with Crippen molar-refractivity contribution in [2.45, 2.75) is 12.2 Å². The first-order valence-electron chi connectivity index (χ1n) is 6.91. The van der Waals surface area contributed by atoms with Gasteiger partial charge in [0.05, 0.1) is 18.3 Å². The Bertz CT molecular complexity index is 634. The molecule has 0 saturated heterocycles. The molecular weight excluding hydrogens is 264 g/mol. The van der Waals surface area contributed by atoms with Crippen molar-refractivity contribution in [2.24, 2.45) is 5.92 Å². The topological polar surface area (TPSA) is 46.5 Å². The molecule has 0 radical (unpaired) electrons. The van der Waals surface area contributed by atoms with Gasteiger partial charge in [-0.05, 0) is 11.1 Å². The van der Waals surface area contributed by atoms with Gasteiger partial charge in [-0.2, -0.15) is 0 Å². The molecule has 1 N–H and O–H groups in total. The highest BCUT2D eigenvalue weighted by Crippen LogP contribution is 2.38. The molecule has 3 rings (SSSR count). The van der Waals surface area contributed by atoms with Crippen molar-refractivity contribution in [1.82, 2.24) is 0 Å². The average molecular weight is 280 g/mol. The second-order valence-electron chi connectivity index (χ2n) is 5.05. The molecule has 0 unspecified atom stereocenters. The molecule has 106 valence electrons. The van der Waals surface area contributed by atoms with Crippen molar-refractivity contribution in [1.29, 1.82) is 0 Å². The largest absolute Gasteiger partial charge is 0.492 e. The monoisotopic (exact) mass is 280 g/mol. The molecule has 1 aliphatic rings. The Morgan fingerprint density at radius 3 is 2.24 bits per heavy atom. The third-order valence-electron chi connectivity index (χ3n) is 3.72. The smallest absolute Gasteiger partial charge is 0.168 e. The van der Waals surface area contributed by atoms with E-state index in [2.05, 4.69) is 0 Å². The molecule has 21 heavy (non-hydrogen) atoms. The predicted molar refractivity (Wildman–Crippen MR) is 79.3 cm³/mol. The van der Waals surface area contributed by atoms with Crippen LogP contribution in [0.4, 0.5) is 0 Å². The summed E-state index contributed by atoms with van der Waals surface area (Å²) < 4.78 is 5.63. The van der Waals surface area contributed by atoms with E-state index in [1.165, 1.54) is 12.3 Å². The van der Waals surface area contributed by atoms with Crippen LogP contribution in [0.3, 0.4) is 0 Å². The maximum atomic E-state index is 12.3. The van der Waals surface area contributed by atoms with Crippen LogP contribution < -0.4 is 0 Å². The molecule has 0 aromatic heterocycles. The minimum absolute atomic E-state index is 0.119. The second kappa shape index (κ2) is 5.94. The molecule has 2 aromatic rings. The molecule has 0 amide bonds. The molecule has 3 atom stereocenters. The van der Waals surface area contributed by atoms with Gasteiger partial charge in [0.15, 0.2) is 5.78 Å². The maximum absolute atomic E-state index is 12.3. The van der Waals surface area contributed by atoms with Crippen molar-refractivity contribution < 1.29 is 14.6 Å². The van der Waals surface area contributed by atoms with Gasteiger partial charge in [0.25, 0.3) is 0 Å². The van der Waals surface area contributed by atoms with E-state index in [1.807, 2.05) is 60.7 Å². The summed E-state index contributed by atoms with van der Waals surface area (Å²) in [5, 5.41) is 10.6. The van der Waals surface area contributed by atoms with Gasteiger partial charge in [0.2, 0.25) is 0 Å². The first kappa shape index (κ1) is 13.6. The predicted octanol–water partition coefficient (Wildman–Crippen LogP) is 3.19. The third-order valence-corrected chi connectivity index (χ3v) is 3.72. The number of rotatable bonds is 3. The number of hydrogen-bond acceptors (Lipinski definition) is 3. The summed E-state index contributed by atoms with van der Waals surface area (Å²) in [4.78, 5) is 12.3. The van der Waals surface area contributed by atoms with Gasteiger partial charge < -0.3 is 9.84 Å². The van der Waals surface area contributed by atoms with E-state index in [4.69, 9.17) is 4.74 Å². The van der Waals surface area contributed by atoms with Crippen LogP contribution >= 0.6 is 0 Å². The highest BCUT2D eigenvalue weighted by atomic mass is 16.5. The van der Waals surface area contributed by atoms with E-state index in [-0.39, 0.29) is 5.78 Å². The number of aliphatic hydroxyl groups is 1. The Morgan fingerprint density at radius 1 is 0.952 bits per heavy atom. The van der Waals surface area contributed by atoms with E-state index in [0.29, 0.717) is 0 Å². The number of ether oxygens (including phenoxy) is 1. The molecule has 3 heteroatoms. The zero-order chi connectivity index (χ0) is 14.7. The van der Waals surface area contributed by atoms with Crippen LogP contribution in [0.15, 0.2) is 73.0 Å². The number of aliphatic hydroxyl groups excluding tert-OH is 1. The standard InChI is InChI=1S/C18H16O3/c19-15-11-12-21-18(14-9-5-2-6-10-14)16(15)17(20)13-7-3-1-4-8-13/h1-12,16-18,20H/t16-,17+,18-/m0/s1. The van der Waals surface area contributed by atoms with Gasteiger partial charge in [0, 0.05) is 6.08 Å². The summed E-state index contributed by atoms with van der Waals surface area (Å²) in [6.45, 7) is 0. The van der Waals surface area contributed by atoms with Crippen LogP contribution in [0.25, 0.3) is 0 Å². The maximum Gasteiger partial charge on any atom is 0.168 e. The Balaban J connectivity index is 1.96. The molecule has 0 fully saturated rings. The molecule has 1 aliphatic heterocycles. The molecular formula is C18H16O3. The zero-order valence-corrected chi connectivity index (χ0v) is 11.4. The number of carbonyl (C=O) groups excluding carboxylic acids is 1. The number of allylic oxidation sites excluding steroid dienone is 1. The Kier molecular flexibility index (Phi) is 3.84. The lowest BCUT2D eigenvalue weighted by Gasteiger charge is -2.31. The van der Waals surface area contributed by atoms with Crippen molar-refractivity contribution in [3.8, 4) is 0 Å². The number of hydrogen-bond donors (Lipinski definition) is 1. The van der Waals surface area contributed by atoms with E-state index in [0.717, 1.165) is 11.1 Å². The summed E-state index contributed by atoms with van der Waals surface area (Å²) in [5.74, 6) is -0.758. The van der Waals surface area contributed by atoms with Crippen LogP contribution in [0, 0.1) is 5.92 Å². The van der Waals surface area contributed by atoms with Crippen molar-refractivity contribution >= 4 is 5.78 Å². The van der Waals surface area contributed by atoms with Gasteiger partial charge in [-0.15, -0.1) is 0 Å². The van der Waals surface area contributed by atoms with E-state index >= 15 is 0 Å². The summed E-state index contributed by atoms with van der Waals surface area (Å²) in [7, 11) is 0. The van der Waals surface area contributed by atoms with Gasteiger partial charge in [-0.1, -0.05) is 60.7 Å². The molecule has 0 aliphatic carbocycles. The van der Waals surface area contributed by atoms with E-state index < -0.39 is 18.1 Å². The lowest BCUT2D eigenvalue weighted by atomic mass is 9.83. The number of ketones is 1. The molecule has 0 bridgehead atoms. The Morgan fingerprint density at radius 2 is 1.57 bits per heavy atom. The van der Waals surface area contributed by atoms with Crippen LogP contribution in [0.2, 0.25) is 0 Å². The number of benzene rings is 2. The average Bonchev–Trinajstić information content (AvgIpc) is 2.55. The normalized spacial score (nSPS) is 22.6. The molecule has 0 saturated carbocycles. The second-order valence-corrected chi connectivity index (χ2v) is 5.05. The van der Waals surface area contributed by atoms with Crippen LogP contribution in [0.5, 0.6) is 0 Å². The van der Waals surface area contributed by atoms with Crippen LogP contribution in [-0.4, -0.2) is 10.9 Å². The Hall–Kier alpha value is -2.39. The van der Waals surface area contributed by atoms with Crippen LogP contribution in [-0.2, 0) is 9.53 Å². The summed E-state index contributed by atoms with van der Waals surface area (Å²) >= 11 is 0. The minimum atomic E-state index is -0.895. The molecule has 3 nitrogen and oxygen atoms in total. The first-order valence-corrected chi connectivity index (χ1v) is 6.91. The fourth-order valence-corrected chi connectivity index (χ4v) is 2.64. The highest BCUT2D eigenvalue weighted by Gasteiger charge is 2.38. The third kappa shape index (κ3) is 2.73. The van der Waals surface area contributed by atoms with Crippen molar-refractivity contribution in [3.05, 3.63) is 84.1 Å². The zero-order valence-electron chi connectivity index (χ0n) is 11.4. The van der Waals surface area contributed by atoms with E-state index in [9.17, 15) is 9.90 Å². The first-order chi connectivity index (χ1) is 10.3. The van der Waals surface area contributed by atoms with Crippen molar-refractivity contribution in [3.63, 3.8) is 0 Å². The Labute approximate surface area is 123 Å². The fourth-order valence-electron chi connectivity index (χ4n) is 2.64. The molecule has 2 aromatic carbocycles. The summed E-state index contributed by atoms with van der Waals surface area (Å²) in [6, 6.07) is 18.7. The summed E-state index contributed by atoms with van der Waals surface area (Å²) in [6.07, 6.45) is 1.43. The quantitative estimate of drug-likeness (QED) is 0.939. The minimum Gasteiger partial charge on any atom is -0.492 e. The molecule has 0 spiro atoms. The van der Waals surface area contributed by atoms with Gasteiger partial charge in [-0.25, -0.2) is 0 Å². The SMILES string of the molecule is O=C1C=CO[C@@H](c2ccccc2)[C@@H]1[C@H](O)c1ccccc1. The van der Waals surface area contributed by atoms with Crippen molar-refractivity contribution in [2.75, 3.05) is 0 Å². The lowest BCUT2D eigenvalue weighted by molar-refractivity contribution is -0.130. The van der Waals surface area contributed by atoms with Gasteiger partial charge in [0.1, 0.15) is 6.10 Å². The van der Waals surface area contributed by atoms with Gasteiger partial charge >= 0.3 is 0 Å². The summed E-state index contributed by atoms with van der Waals surface area (Å²) in [5.41, 5.74) is 1.60. The fraction of sp³-hybridized carbons (Fsp3) is 0.167. The molecule has 1 heterocycles.